The zero-order valence-corrected chi connectivity index (χ0v) is 19.3. The first-order chi connectivity index (χ1) is 16.2. The van der Waals surface area contributed by atoms with E-state index in [1.54, 1.807) is 7.11 Å². The number of anilines is 1. The summed E-state index contributed by atoms with van der Waals surface area (Å²) in [4.78, 5) is 0. The Kier molecular flexibility index (Phi) is 5.72. The van der Waals surface area contributed by atoms with Crippen LogP contribution in [0.15, 0.2) is 18.2 Å². The number of rotatable bonds is 7. The van der Waals surface area contributed by atoms with Gasteiger partial charge in [0.05, 0.1) is 24.4 Å². The lowest BCUT2D eigenvalue weighted by molar-refractivity contribution is 0.0323. The van der Waals surface area contributed by atoms with Crippen LogP contribution in [0.25, 0.3) is 11.3 Å². The largest absolute Gasteiger partial charge is 0.467 e. The lowest BCUT2D eigenvalue weighted by Crippen LogP contribution is -2.37. The van der Waals surface area contributed by atoms with Gasteiger partial charge < -0.3 is 24.6 Å². The first-order valence-electron chi connectivity index (χ1n) is 12.5. The minimum Gasteiger partial charge on any atom is -0.467 e. The number of aromatic nitrogens is 2. The molecule has 2 saturated carbocycles. The number of benzene rings is 1. The fraction of sp³-hybridized carbons (Fsp3) is 0.615. The summed E-state index contributed by atoms with van der Waals surface area (Å²) < 4.78 is 17.5. The van der Waals surface area contributed by atoms with Crippen LogP contribution in [0, 0.1) is 0 Å². The van der Waals surface area contributed by atoms with Crippen LogP contribution in [0.4, 0.5) is 5.82 Å². The number of fused-ring (bicyclic) bond motifs is 4. The molecule has 2 aromatic rings. The Morgan fingerprint density at radius 1 is 1.09 bits per heavy atom. The van der Waals surface area contributed by atoms with E-state index in [4.69, 9.17) is 19.3 Å². The Morgan fingerprint density at radius 3 is 2.79 bits per heavy atom. The third kappa shape index (κ3) is 4.11. The Balaban J connectivity index is 1.41. The highest BCUT2D eigenvalue weighted by molar-refractivity contribution is 5.74. The van der Waals surface area contributed by atoms with Gasteiger partial charge in [0.1, 0.15) is 11.4 Å². The predicted octanol–water partition coefficient (Wildman–Crippen LogP) is 4.50. The van der Waals surface area contributed by atoms with Crippen molar-refractivity contribution < 1.29 is 19.3 Å². The summed E-state index contributed by atoms with van der Waals surface area (Å²) >= 11 is 0. The number of hydrogen-bond acceptors (Lipinski definition) is 7. The van der Waals surface area contributed by atoms with Crippen molar-refractivity contribution in [2.24, 2.45) is 0 Å². The molecule has 0 spiro atoms. The Labute approximate surface area is 194 Å². The molecule has 6 rings (SSSR count). The maximum Gasteiger partial charge on any atom is 0.188 e. The number of aliphatic hydroxyl groups is 1. The highest BCUT2D eigenvalue weighted by Gasteiger charge is 2.39. The van der Waals surface area contributed by atoms with Crippen molar-refractivity contribution >= 4 is 5.82 Å². The summed E-state index contributed by atoms with van der Waals surface area (Å²) in [5.41, 5.74) is 5.49. The molecule has 4 atom stereocenters. The van der Waals surface area contributed by atoms with E-state index in [1.807, 2.05) is 0 Å². The van der Waals surface area contributed by atoms with Crippen LogP contribution in [0.5, 0.6) is 5.75 Å². The fourth-order valence-corrected chi connectivity index (χ4v) is 5.76. The minimum atomic E-state index is -0.347. The van der Waals surface area contributed by atoms with Crippen molar-refractivity contribution in [2.45, 2.75) is 88.1 Å². The summed E-state index contributed by atoms with van der Waals surface area (Å²) in [6, 6.07) is 6.51. The number of aliphatic hydroxyl groups excluding tert-OH is 1. The molecule has 4 aliphatic rings. The lowest BCUT2D eigenvalue weighted by atomic mass is 9.91. The van der Waals surface area contributed by atoms with E-state index >= 15 is 0 Å². The lowest BCUT2D eigenvalue weighted by Gasteiger charge is -2.32. The van der Waals surface area contributed by atoms with E-state index in [-0.39, 0.29) is 31.1 Å². The first kappa shape index (κ1) is 21.3. The molecule has 1 aromatic carbocycles. The van der Waals surface area contributed by atoms with Gasteiger partial charge in [-0.2, -0.15) is 0 Å². The molecule has 7 heteroatoms. The molecule has 176 valence electrons. The van der Waals surface area contributed by atoms with Crippen LogP contribution in [0.3, 0.4) is 0 Å². The van der Waals surface area contributed by atoms with Gasteiger partial charge in [-0.15, -0.1) is 10.2 Å². The van der Waals surface area contributed by atoms with E-state index in [9.17, 15) is 5.11 Å². The molecule has 7 nitrogen and oxygen atoms in total. The third-order valence-corrected chi connectivity index (χ3v) is 7.67. The van der Waals surface area contributed by atoms with E-state index in [0.717, 1.165) is 73.3 Å². The topological polar surface area (TPSA) is 85.7 Å². The van der Waals surface area contributed by atoms with Crippen molar-refractivity contribution in [2.75, 3.05) is 19.2 Å². The van der Waals surface area contributed by atoms with Gasteiger partial charge in [-0.1, -0.05) is 18.9 Å². The van der Waals surface area contributed by atoms with Gasteiger partial charge in [-0.25, -0.2) is 0 Å². The maximum atomic E-state index is 10.5. The molecule has 0 unspecified atom stereocenters. The molecule has 2 N–H and O–H groups in total. The molecule has 3 fully saturated rings. The van der Waals surface area contributed by atoms with Crippen molar-refractivity contribution in [3.8, 4) is 17.0 Å². The molecule has 3 heterocycles. The Hall–Kier alpha value is -2.22. The number of nitrogens with one attached hydrogen (secondary N) is 1. The van der Waals surface area contributed by atoms with E-state index in [1.165, 1.54) is 24.0 Å². The molecule has 0 radical (unpaired) electrons. The maximum absolute atomic E-state index is 10.5. The summed E-state index contributed by atoms with van der Waals surface area (Å²) in [5, 5.41) is 23.5. The standard InChI is InChI=1S/C26H33N3O4/c1-31-14-32-23-12-16(15-6-7-15)8-10-18(23)25-19-13-17-9-11-22(33-17)24(19)26(29-28-25)27-20-4-2-3-5-21(20)30/h8,10,12,15,17,20-22,30H,2-7,9,11,13-14H2,1H3,(H,27,29)/t17-,20+,21+,22+/m0/s1. The van der Waals surface area contributed by atoms with Gasteiger partial charge in [0.15, 0.2) is 12.6 Å². The quantitative estimate of drug-likeness (QED) is 0.600. The molecule has 1 saturated heterocycles. The molecule has 1 aromatic heterocycles. The van der Waals surface area contributed by atoms with E-state index in [2.05, 4.69) is 28.6 Å². The smallest absolute Gasteiger partial charge is 0.188 e. The summed E-state index contributed by atoms with van der Waals surface area (Å²) in [6.07, 6.45) is 9.26. The predicted molar refractivity (Wildman–Crippen MR) is 124 cm³/mol. The van der Waals surface area contributed by atoms with Gasteiger partial charge >= 0.3 is 0 Å². The zero-order valence-electron chi connectivity index (χ0n) is 19.3. The van der Waals surface area contributed by atoms with Crippen molar-refractivity contribution in [1.82, 2.24) is 10.2 Å². The summed E-state index contributed by atoms with van der Waals surface area (Å²) in [5.74, 6) is 2.22. The number of methoxy groups -OCH3 is 1. The third-order valence-electron chi connectivity index (χ3n) is 7.67. The summed E-state index contributed by atoms with van der Waals surface area (Å²) in [7, 11) is 1.64. The Bertz CT molecular complexity index is 1020. The average Bonchev–Trinajstić information content (AvgIpc) is 3.62. The van der Waals surface area contributed by atoms with Gasteiger partial charge in [0.25, 0.3) is 0 Å². The fourth-order valence-electron chi connectivity index (χ4n) is 5.76. The van der Waals surface area contributed by atoms with Crippen LogP contribution < -0.4 is 10.1 Å². The van der Waals surface area contributed by atoms with E-state index < -0.39 is 0 Å². The average molecular weight is 452 g/mol. The molecule has 2 bridgehead atoms. The van der Waals surface area contributed by atoms with Crippen molar-refractivity contribution in [3.63, 3.8) is 0 Å². The SMILES string of the molecule is COCOc1cc(C2CC2)ccc1-c1nnc(N[C@@H]2CCCC[C@H]2O)c2c1C[C@@H]1CC[C@H]2O1. The molecule has 2 aliphatic heterocycles. The second-order valence-corrected chi connectivity index (χ2v) is 10.0. The normalized spacial score (nSPS) is 28.4. The van der Waals surface area contributed by atoms with Gasteiger partial charge in [0, 0.05) is 24.7 Å². The van der Waals surface area contributed by atoms with Crippen LogP contribution in [-0.2, 0) is 15.9 Å². The van der Waals surface area contributed by atoms with Crippen LogP contribution in [0.2, 0.25) is 0 Å². The number of hydrogen-bond donors (Lipinski definition) is 2. The second kappa shape index (κ2) is 8.85. The van der Waals surface area contributed by atoms with Crippen LogP contribution in [-0.4, -0.2) is 47.5 Å². The minimum absolute atomic E-state index is 0.0144. The summed E-state index contributed by atoms with van der Waals surface area (Å²) in [6.45, 7) is 0.199. The van der Waals surface area contributed by atoms with Gasteiger partial charge in [-0.3, -0.25) is 0 Å². The monoisotopic (exact) mass is 451 g/mol. The number of nitrogens with zero attached hydrogens (tertiary/aromatic N) is 2. The highest BCUT2D eigenvalue weighted by Crippen LogP contribution is 2.48. The zero-order chi connectivity index (χ0) is 22.4. The van der Waals surface area contributed by atoms with Crippen molar-refractivity contribution in [3.05, 3.63) is 34.9 Å². The van der Waals surface area contributed by atoms with Gasteiger partial charge in [-0.05, 0) is 67.7 Å². The van der Waals surface area contributed by atoms with Gasteiger partial charge in [0.2, 0.25) is 0 Å². The second-order valence-electron chi connectivity index (χ2n) is 10.0. The molecular weight excluding hydrogens is 418 g/mol. The van der Waals surface area contributed by atoms with E-state index in [0.29, 0.717) is 5.92 Å². The molecule has 33 heavy (non-hydrogen) atoms. The molecular formula is C26H33N3O4. The molecule has 2 aliphatic carbocycles. The van der Waals surface area contributed by atoms with Crippen LogP contribution >= 0.6 is 0 Å². The highest BCUT2D eigenvalue weighted by atomic mass is 16.7. The number of ether oxygens (including phenoxy) is 3. The van der Waals surface area contributed by atoms with Crippen LogP contribution in [0.1, 0.15) is 80.1 Å². The first-order valence-corrected chi connectivity index (χ1v) is 12.5. The Morgan fingerprint density at radius 2 is 1.97 bits per heavy atom. The van der Waals surface area contributed by atoms with Crippen molar-refractivity contribution in [1.29, 1.82) is 0 Å². The molecule has 0 amide bonds.